The molecule has 39 heavy (non-hydrogen) atoms. The number of rotatable bonds is 26. The van der Waals surface area contributed by atoms with Crippen LogP contribution in [0.5, 0.6) is 0 Å². The van der Waals surface area contributed by atoms with E-state index in [1.807, 2.05) is 0 Å². The molecule has 0 N–H and O–H groups in total. The second kappa shape index (κ2) is 26.7. The maximum absolute atomic E-state index is 12.2. The Kier molecular flexibility index (Phi) is 28.1. The number of hydrogen-bond acceptors (Lipinski definition) is 7. The van der Waals surface area contributed by atoms with Gasteiger partial charge < -0.3 is 14.0 Å². The molecular formula is C30H57NaO7S. The third-order valence-corrected chi connectivity index (χ3v) is 7.88. The van der Waals surface area contributed by atoms with E-state index >= 15 is 0 Å². The summed E-state index contributed by atoms with van der Waals surface area (Å²) in [5.41, 5.74) is 0. The summed E-state index contributed by atoms with van der Waals surface area (Å²) in [5.74, 6) is -0.482. The van der Waals surface area contributed by atoms with Crippen molar-refractivity contribution in [2.45, 2.75) is 155 Å². The summed E-state index contributed by atoms with van der Waals surface area (Å²) in [6.45, 7) is 9.19. The monoisotopic (exact) mass is 584 g/mol. The van der Waals surface area contributed by atoms with Gasteiger partial charge in [0.2, 0.25) is 0 Å². The van der Waals surface area contributed by atoms with Crippen LogP contribution < -0.4 is 29.6 Å². The fourth-order valence-corrected chi connectivity index (χ4v) is 5.04. The third kappa shape index (κ3) is 27.8. The van der Waals surface area contributed by atoms with Crippen LogP contribution in [0.15, 0.2) is 0 Å². The number of hydrogen-bond donors (Lipinski definition) is 0. The molecule has 1 unspecified atom stereocenters. The second-order valence-electron chi connectivity index (χ2n) is 11.6. The van der Waals surface area contributed by atoms with Gasteiger partial charge in [-0.05, 0) is 24.7 Å². The molecule has 0 aliphatic rings. The van der Waals surface area contributed by atoms with Gasteiger partial charge in [0.15, 0.2) is 5.25 Å². The molecule has 0 rings (SSSR count). The van der Waals surface area contributed by atoms with E-state index in [9.17, 15) is 22.6 Å². The van der Waals surface area contributed by atoms with Crippen LogP contribution in [0.1, 0.15) is 150 Å². The van der Waals surface area contributed by atoms with Gasteiger partial charge in [0.05, 0.1) is 19.6 Å². The van der Waals surface area contributed by atoms with Crippen LogP contribution in [0.2, 0.25) is 0 Å². The summed E-state index contributed by atoms with van der Waals surface area (Å²) in [5, 5.41) is -2.04. The average Bonchev–Trinajstić information content (AvgIpc) is 2.83. The molecule has 0 saturated carbocycles. The average molecular weight is 585 g/mol. The van der Waals surface area contributed by atoms with Gasteiger partial charge in [0.25, 0.3) is 0 Å². The minimum atomic E-state index is -5.01. The quantitative estimate of drug-likeness (QED) is 0.0627. The van der Waals surface area contributed by atoms with E-state index in [1.165, 1.54) is 64.2 Å². The molecule has 0 aromatic heterocycles. The van der Waals surface area contributed by atoms with Gasteiger partial charge >= 0.3 is 41.5 Å². The smallest absolute Gasteiger partial charge is 0.747 e. The van der Waals surface area contributed by atoms with Crippen molar-refractivity contribution in [3.8, 4) is 0 Å². The summed E-state index contributed by atoms with van der Waals surface area (Å²) < 4.78 is 44.7. The molecule has 0 heterocycles. The van der Waals surface area contributed by atoms with Crippen molar-refractivity contribution in [2.24, 2.45) is 11.8 Å². The standard InChI is InChI=1S/C30H58O7S.Na/c1-26(2)21-17-13-9-5-7-11-15-19-23-36-29(31)25-28(38(33,34)35)30(32)37-24-20-16-12-8-6-10-14-18-22-27(3)4;/h26-28H,5-25H2,1-4H3,(H,33,34,35);/q;+1/p-1. The van der Waals surface area contributed by atoms with Gasteiger partial charge in [-0.1, -0.05) is 130 Å². The fourth-order valence-electron chi connectivity index (χ4n) is 4.40. The summed E-state index contributed by atoms with van der Waals surface area (Å²) in [6.07, 6.45) is 19.2. The van der Waals surface area contributed by atoms with E-state index in [0.717, 1.165) is 50.4 Å². The number of unbranched alkanes of at least 4 members (excludes halogenated alkanes) is 14. The van der Waals surface area contributed by atoms with Gasteiger partial charge in [0.1, 0.15) is 10.1 Å². The molecule has 0 aromatic rings. The van der Waals surface area contributed by atoms with Gasteiger partial charge in [-0.3, -0.25) is 9.59 Å². The predicted octanol–water partition coefficient (Wildman–Crippen LogP) is 4.71. The SMILES string of the molecule is CC(C)CCCCCCCCCCOC(=O)CC(C(=O)OCCCCCCCCCCC(C)C)S(=O)(=O)[O-].[Na+]. The molecule has 7 nitrogen and oxygen atoms in total. The number of ether oxygens (including phenoxy) is 2. The van der Waals surface area contributed by atoms with Crippen LogP contribution in [-0.4, -0.2) is 43.4 Å². The first-order valence-electron chi connectivity index (χ1n) is 15.3. The summed E-state index contributed by atoms with van der Waals surface area (Å²) in [6, 6.07) is 0. The topological polar surface area (TPSA) is 110 Å². The molecule has 0 saturated heterocycles. The maximum Gasteiger partial charge on any atom is 1.00 e. The Morgan fingerprint density at radius 1 is 0.590 bits per heavy atom. The van der Waals surface area contributed by atoms with E-state index in [-0.39, 0.29) is 42.8 Å². The number of carbonyl (C=O) groups excluding carboxylic acids is 2. The van der Waals surface area contributed by atoms with Crippen molar-refractivity contribution in [3.63, 3.8) is 0 Å². The first-order valence-corrected chi connectivity index (χ1v) is 16.8. The number of esters is 2. The van der Waals surface area contributed by atoms with Crippen LogP contribution >= 0.6 is 0 Å². The summed E-state index contributed by atoms with van der Waals surface area (Å²) >= 11 is 0. The van der Waals surface area contributed by atoms with Crippen LogP contribution in [0.4, 0.5) is 0 Å². The number of carbonyl (C=O) groups is 2. The molecule has 0 aromatic carbocycles. The maximum atomic E-state index is 12.2. The second-order valence-corrected chi connectivity index (χ2v) is 13.2. The van der Waals surface area contributed by atoms with E-state index in [1.54, 1.807) is 0 Å². The first-order chi connectivity index (χ1) is 18.0. The zero-order valence-electron chi connectivity index (χ0n) is 25.8. The van der Waals surface area contributed by atoms with Crippen molar-refractivity contribution in [1.29, 1.82) is 0 Å². The van der Waals surface area contributed by atoms with Crippen LogP contribution in [0.3, 0.4) is 0 Å². The Hall–Kier alpha value is -0.150. The first kappa shape index (κ1) is 41.0. The van der Waals surface area contributed by atoms with Crippen LogP contribution in [0, 0.1) is 11.8 Å². The van der Waals surface area contributed by atoms with Crippen molar-refractivity contribution in [2.75, 3.05) is 13.2 Å². The predicted molar refractivity (Wildman–Crippen MR) is 153 cm³/mol. The summed E-state index contributed by atoms with van der Waals surface area (Å²) in [4.78, 5) is 24.2. The molecule has 0 spiro atoms. The van der Waals surface area contributed by atoms with Crippen molar-refractivity contribution < 1.29 is 61.6 Å². The Morgan fingerprint density at radius 3 is 1.28 bits per heavy atom. The zero-order valence-corrected chi connectivity index (χ0v) is 28.7. The Labute approximate surface area is 262 Å². The molecule has 0 aliphatic carbocycles. The molecule has 0 radical (unpaired) electrons. The molecular weight excluding hydrogens is 527 g/mol. The van der Waals surface area contributed by atoms with Gasteiger partial charge in [-0.2, -0.15) is 0 Å². The normalized spacial score (nSPS) is 12.4. The van der Waals surface area contributed by atoms with Crippen LogP contribution in [-0.2, 0) is 29.2 Å². The molecule has 0 amide bonds. The molecule has 0 bridgehead atoms. The zero-order chi connectivity index (χ0) is 28.7. The van der Waals surface area contributed by atoms with Gasteiger partial charge in [0, 0.05) is 0 Å². The molecule has 0 aliphatic heterocycles. The van der Waals surface area contributed by atoms with Crippen molar-refractivity contribution in [1.82, 2.24) is 0 Å². The Balaban J connectivity index is 0. The minimum Gasteiger partial charge on any atom is -0.747 e. The van der Waals surface area contributed by atoms with E-state index in [2.05, 4.69) is 27.7 Å². The molecule has 1 atom stereocenters. The van der Waals surface area contributed by atoms with Gasteiger partial charge in [-0.25, -0.2) is 8.42 Å². The summed E-state index contributed by atoms with van der Waals surface area (Å²) in [7, 11) is -5.01. The molecule has 0 fully saturated rings. The van der Waals surface area contributed by atoms with E-state index in [0.29, 0.717) is 12.8 Å². The fraction of sp³-hybridized carbons (Fsp3) is 0.933. The van der Waals surface area contributed by atoms with E-state index < -0.39 is 33.7 Å². The van der Waals surface area contributed by atoms with Crippen LogP contribution in [0.25, 0.3) is 0 Å². The van der Waals surface area contributed by atoms with Crippen molar-refractivity contribution in [3.05, 3.63) is 0 Å². The molecule has 9 heteroatoms. The molecule has 226 valence electrons. The Bertz CT molecular complexity index is 695. The minimum absolute atomic E-state index is 0. The van der Waals surface area contributed by atoms with Crippen molar-refractivity contribution >= 4 is 22.1 Å². The van der Waals surface area contributed by atoms with Gasteiger partial charge in [-0.15, -0.1) is 0 Å². The Morgan fingerprint density at radius 2 is 0.923 bits per heavy atom. The van der Waals surface area contributed by atoms with E-state index in [4.69, 9.17) is 9.47 Å². The largest absolute Gasteiger partial charge is 1.00 e. The third-order valence-electron chi connectivity index (χ3n) is 6.82.